The van der Waals surface area contributed by atoms with Crippen molar-refractivity contribution in [3.63, 3.8) is 0 Å². The van der Waals surface area contributed by atoms with Gasteiger partial charge in [0.05, 0.1) is 5.69 Å². The maximum absolute atomic E-state index is 13.3. The molecule has 0 radical (unpaired) electrons. The molecule has 2 aliphatic rings. The lowest BCUT2D eigenvalue weighted by atomic mass is 9.87. The van der Waals surface area contributed by atoms with Crippen molar-refractivity contribution in [3.8, 4) is 0 Å². The largest absolute Gasteiger partial charge is 0.412 e. The number of piperazine rings is 1. The number of amides is 1. The zero-order chi connectivity index (χ0) is 24.1. The molecule has 9 heteroatoms. The van der Waals surface area contributed by atoms with E-state index in [-0.39, 0.29) is 29.6 Å². The van der Waals surface area contributed by atoms with Gasteiger partial charge in [-0.05, 0) is 76.8 Å². The number of anilines is 2. The summed E-state index contributed by atoms with van der Waals surface area (Å²) >= 11 is 6.14. The number of hydrogen-bond acceptors (Lipinski definition) is 5. The normalized spacial score (nSPS) is 18.1. The molecule has 1 fully saturated rings. The van der Waals surface area contributed by atoms with Gasteiger partial charge in [0.25, 0.3) is 0 Å². The quantitative estimate of drug-likeness (QED) is 0.457. The fourth-order valence-corrected chi connectivity index (χ4v) is 5.16. The summed E-state index contributed by atoms with van der Waals surface area (Å²) < 4.78 is 0. The smallest absolute Gasteiger partial charge is 0.237 e. The van der Waals surface area contributed by atoms with Gasteiger partial charge in [0.15, 0.2) is 5.78 Å². The van der Waals surface area contributed by atoms with Crippen LogP contribution in [0.15, 0.2) is 48.5 Å². The molecule has 1 unspecified atom stereocenters. The summed E-state index contributed by atoms with van der Waals surface area (Å²) in [6.07, 6.45) is 2.32. The third-order valence-corrected chi connectivity index (χ3v) is 7.08. The minimum absolute atomic E-state index is 0. The molecule has 0 aromatic heterocycles. The number of benzene rings is 2. The van der Waals surface area contributed by atoms with E-state index in [4.69, 9.17) is 11.6 Å². The van der Waals surface area contributed by atoms with Crippen LogP contribution in [0.1, 0.15) is 29.6 Å². The van der Waals surface area contributed by atoms with Crippen LogP contribution in [-0.4, -0.2) is 86.9 Å². The van der Waals surface area contributed by atoms with E-state index in [1.54, 1.807) is 0 Å². The Hall–Kier alpha value is -2.16. The molecule has 198 valence electrons. The Labute approximate surface area is 225 Å². The minimum atomic E-state index is -0.568. The van der Waals surface area contributed by atoms with E-state index < -0.39 is 5.92 Å². The Kier molecular flexibility index (Phi) is 11.7. The van der Waals surface area contributed by atoms with E-state index in [9.17, 15) is 9.59 Å². The number of rotatable bonds is 9. The average Bonchev–Trinajstić information content (AvgIpc) is 2.83. The lowest BCUT2D eigenvalue weighted by molar-refractivity contribution is -0.121. The van der Waals surface area contributed by atoms with Gasteiger partial charge in [-0.25, -0.2) is 0 Å². The molecule has 2 aromatic rings. The van der Waals surface area contributed by atoms with Crippen molar-refractivity contribution in [2.75, 3.05) is 69.7 Å². The molecule has 1 amide bonds. The first kappa shape index (κ1) is 30.1. The number of halogens is 2. The molecule has 0 bridgehead atoms. The van der Waals surface area contributed by atoms with Gasteiger partial charge in [0.2, 0.25) is 5.91 Å². The molecular weight excluding hydrogens is 499 g/mol. The van der Waals surface area contributed by atoms with Gasteiger partial charge in [-0.2, -0.15) is 0 Å². The van der Waals surface area contributed by atoms with Crippen molar-refractivity contribution < 1.29 is 15.1 Å². The van der Waals surface area contributed by atoms with Crippen molar-refractivity contribution >= 4 is 47.1 Å². The first-order valence-electron chi connectivity index (χ1n) is 12.3. The molecule has 36 heavy (non-hydrogen) atoms. The molecule has 2 aliphatic heterocycles. The van der Waals surface area contributed by atoms with Crippen molar-refractivity contribution in [2.45, 2.75) is 19.3 Å². The van der Waals surface area contributed by atoms with Crippen LogP contribution in [0.4, 0.5) is 11.4 Å². The minimum Gasteiger partial charge on any atom is -0.412 e. The van der Waals surface area contributed by atoms with Gasteiger partial charge in [-0.1, -0.05) is 29.8 Å². The lowest BCUT2D eigenvalue weighted by Gasteiger charge is -2.37. The fraction of sp³-hybridized carbons (Fsp3) is 0.481. The van der Waals surface area contributed by atoms with Crippen LogP contribution in [0.5, 0.6) is 0 Å². The van der Waals surface area contributed by atoms with Crippen LogP contribution in [-0.2, 0) is 4.79 Å². The first-order chi connectivity index (χ1) is 16.4. The van der Waals surface area contributed by atoms with Crippen molar-refractivity contribution in [3.05, 3.63) is 59.1 Å². The number of nitrogens with zero attached hydrogens (tertiary/aromatic N) is 4. The Morgan fingerprint density at radius 2 is 1.67 bits per heavy atom. The number of fused-ring (bicyclic) bond motifs is 1. The number of carbonyl (C=O) groups is 2. The van der Waals surface area contributed by atoms with Gasteiger partial charge < -0.3 is 20.2 Å². The highest BCUT2D eigenvalue weighted by molar-refractivity contribution is 6.30. The number of carbonyl (C=O) groups excluding carboxylic acids is 2. The predicted molar refractivity (Wildman–Crippen MR) is 150 cm³/mol. The Morgan fingerprint density at radius 3 is 2.36 bits per heavy atom. The zero-order valence-corrected chi connectivity index (χ0v) is 22.7. The zero-order valence-electron chi connectivity index (χ0n) is 21.2. The molecule has 1 atom stereocenters. The summed E-state index contributed by atoms with van der Waals surface area (Å²) in [6, 6.07) is 15.6. The van der Waals surface area contributed by atoms with Crippen molar-refractivity contribution in [1.29, 1.82) is 0 Å². The molecule has 0 saturated carbocycles. The maximum Gasteiger partial charge on any atom is 0.237 e. The van der Waals surface area contributed by atoms with E-state index >= 15 is 0 Å². The standard InChI is InChI=1S/C27H35ClN4O2.ClH.H2O/c1-29(2)13-7-15-32-25-12-4-3-10-23(25)26(33)24(27(32)34)11-6-14-30-16-18-31(19-17-30)22-9-5-8-21(28)20-22;;/h3-5,8-10,12,20,24H,6-7,11,13-19H2,1-2H3;1H;1H2. The molecule has 2 aromatic carbocycles. The van der Waals surface area contributed by atoms with E-state index in [1.807, 2.05) is 61.5 Å². The average molecular weight is 538 g/mol. The fourth-order valence-electron chi connectivity index (χ4n) is 4.98. The molecular formula is C27H38Cl2N4O3. The highest BCUT2D eigenvalue weighted by atomic mass is 35.5. The Balaban J connectivity index is 0.00000228. The first-order valence-corrected chi connectivity index (χ1v) is 12.6. The SMILES string of the molecule is CN(C)CCCN1C(=O)C(CCCN2CCN(c3cccc(Cl)c3)CC2)C(=O)c2ccccc21.Cl.O. The summed E-state index contributed by atoms with van der Waals surface area (Å²) in [6.45, 7) is 6.30. The van der Waals surface area contributed by atoms with Gasteiger partial charge in [-0.15, -0.1) is 12.4 Å². The van der Waals surface area contributed by atoms with Crippen molar-refractivity contribution in [2.24, 2.45) is 5.92 Å². The monoisotopic (exact) mass is 536 g/mol. The Morgan fingerprint density at radius 1 is 0.944 bits per heavy atom. The summed E-state index contributed by atoms with van der Waals surface area (Å²) in [7, 11) is 4.07. The van der Waals surface area contributed by atoms with Gasteiger partial charge in [0.1, 0.15) is 5.92 Å². The second-order valence-electron chi connectivity index (χ2n) is 9.53. The molecule has 2 N–H and O–H groups in total. The number of hydrogen-bond donors (Lipinski definition) is 0. The van der Waals surface area contributed by atoms with Gasteiger partial charge in [-0.3, -0.25) is 14.5 Å². The highest BCUT2D eigenvalue weighted by Crippen LogP contribution is 2.32. The van der Waals surface area contributed by atoms with Gasteiger partial charge in [0, 0.05) is 49.0 Å². The Bertz CT molecular complexity index is 1010. The van der Waals surface area contributed by atoms with Crippen LogP contribution in [0.25, 0.3) is 0 Å². The van der Waals surface area contributed by atoms with Crippen LogP contribution in [0.2, 0.25) is 5.02 Å². The van der Waals surface area contributed by atoms with Gasteiger partial charge >= 0.3 is 0 Å². The summed E-state index contributed by atoms with van der Waals surface area (Å²) in [5, 5.41) is 0.763. The molecule has 4 rings (SSSR count). The molecule has 1 saturated heterocycles. The number of para-hydroxylation sites is 1. The van der Waals surface area contributed by atoms with Crippen LogP contribution >= 0.6 is 24.0 Å². The predicted octanol–water partition coefficient (Wildman–Crippen LogP) is 3.64. The summed E-state index contributed by atoms with van der Waals surface area (Å²) in [4.78, 5) is 35.3. The summed E-state index contributed by atoms with van der Waals surface area (Å²) in [5.41, 5.74) is 2.62. The molecule has 0 spiro atoms. The lowest BCUT2D eigenvalue weighted by Crippen LogP contribution is -2.47. The van der Waals surface area contributed by atoms with E-state index in [0.717, 1.165) is 62.8 Å². The van der Waals surface area contributed by atoms with Crippen molar-refractivity contribution in [1.82, 2.24) is 9.80 Å². The third-order valence-electron chi connectivity index (χ3n) is 6.84. The molecule has 7 nitrogen and oxygen atoms in total. The van der Waals surface area contributed by atoms with E-state index in [1.165, 1.54) is 5.69 Å². The second-order valence-corrected chi connectivity index (χ2v) is 9.97. The highest BCUT2D eigenvalue weighted by Gasteiger charge is 2.38. The van der Waals surface area contributed by atoms with Crippen LogP contribution < -0.4 is 9.80 Å². The topological polar surface area (TPSA) is 78.6 Å². The molecule has 0 aliphatic carbocycles. The second kappa shape index (κ2) is 14.0. The van der Waals surface area contributed by atoms with E-state index in [2.05, 4.69) is 20.8 Å². The molecule has 2 heterocycles. The summed E-state index contributed by atoms with van der Waals surface area (Å²) in [5.74, 6) is -0.620. The number of Topliss-reactive ketones (excluding diaryl/α,β-unsaturated/α-hetero) is 1. The maximum atomic E-state index is 13.3. The number of ketones is 1. The van der Waals surface area contributed by atoms with E-state index in [0.29, 0.717) is 18.5 Å². The van der Waals surface area contributed by atoms with Crippen LogP contribution in [0, 0.1) is 5.92 Å². The third kappa shape index (κ3) is 7.20. The van der Waals surface area contributed by atoms with Crippen LogP contribution in [0.3, 0.4) is 0 Å².